The first kappa shape index (κ1) is 42.8. The molecule has 0 bridgehead atoms. The van der Waals surface area contributed by atoms with Gasteiger partial charge in [-0.2, -0.15) is 0 Å². The normalized spacial score (nSPS) is 25.8. The molecule has 14 nitrogen and oxygen atoms in total. The number of hydrogen-bond acceptors (Lipinski definition) is 8. The zero-order valence-corrected chi connectivity index (χ0v) is 30.3. The molecule has 1 aliphatic rings. The molecule has 1 aliphatic heterocycles. The fraction of sp³-hybridized carbons (Fsp3) is 0.824. The van der Waals surface area contributed by atoms with Crippen molar-refractivity contribution in [3.8, 4) is 0 Å². The van der Waals surface area contributed by atoms with E-state index < -0.39 is 78.4 Å². The van der Waals surface area contributed by atoms with Crippen LogP contribution in [0.25, 0.3) is 0 Å². The summed E-state index contributed by atoms with van der Waals surface area (Å²) in [6.07, 6.45) is 5.12. The highest BCUT2D eigenvalue weighted by molar-refractivity contribution is 5.96. The van der Waals surface area contributed by atoms with Crippen LogP contribution in [0.15, 0.2) is 0 Å². The summed E-state index contributed by atoms with van der Waals surface area (Å²) in [5.74, 6) is -4.19. The van der Waals surface area contributed by atoms with Gasteiger partial charge in [0.2, 0.25) is 35.4 Å². The molecule has 0 aromatic carbocycles. The number of aliphatic hydroxyl groups excluding tert-OH is 2. The number of unbranched alkanes of at least 4 members (excludes halogenated alkanes) is 5. The molecule has 1 saturated heterocycles. The molecule has 6 N–H and O–H groups in total. The summed E-state index contributed by atoms with van der Waals surface area (Å²) in [6, 6.07) is -5.94. The molecule has 276 valence electrons. The van der Waals surface area contributed by atoms with Gasteiger partial charge in [-0.3, -0.25) is 28.8 Å². The number of aliphatic hydroxyl groups is 2. The van der Waals surface area contributed by atoms with E-state index in [9.17, 15) is 39.0 Å². The number of nitrogens with one attached hydrogen (secondary N) is 4. The lowest BCUT2D eigenvalue weighted by atomic mass is 9.96. The number of amides is 6. The van der Waals surface area contributed by atoms with Crippen LogP contribution in [0, 0.1) is 11.8 Å². The molecule has 0 unspecified atom stereocenters. The van der Waals surface area contributed by atoms with Crippen LogP contribution in [-0.4, -0.2) is 119 Å². The SMILES string of the molecule is CCCCCCCCN1C(=O)CCNC(=O)[C@H]([C@H](C)O)NC(=O)[C@H](CO)NC(=O)[C@H]([C@H](C)CC)NC(=O)[C@H](CC(C)C)N(C)C(=O)[C@@H]1C. The summed E-state index contributed by atoms with van der Waals surface area (Å²) in [4.78, 5) is 83.9. The van der Waals surface area contributed by atoms with Crippen LogP contribution in [0.5, 0.6) is 0 Å². The van der Waals surface area contributed by atoms with E-state index in [-0.39, 0.29) is 31.2 Å². The van der Waals surface area contributed by atoms with Crippen LogP contribution in [0.3, 0.4) is 0 Å². The predicted octanol–water partition coefficient (Wildman–Crippen LogP) is 0.831. The van der Waals surface area contributed by atoms with E-state index in [4.69, 9.17) is 0 Å². The van der Waals surface area contributed by atoms with E-state index >= 15 is 0 Å². The molecule has 1 heterocycles. The zero-order valence-electron chi connectivity index (χ0n) is 30.3. The Balaban J connectivity index is 3.58. The van der Waals surface area contributed by atoms with Crippen LogP contribution in [0.2, 0.25) is 0 Å². The average molecular weight is 683 g/mol. The van der Waals surface area contributed by atoms with Gasteiger partial charge in [0.15, 0.2) is 0 Å². The second-order valence-electron chi connectivity index (χ2n) is 13.5. The van der Waals surface area contributed by atoms with Gasteiger partial charge in [0.05, 0.1) is 12.7 Å². The Morgan fingerprint density at radius 2 is 1.42 bits per heavy atom. The third kappa shape index (κ3) is 13.3. The standard InChI is InChI=1S/C34H62N6O8/c1-9-11-12-13-14-15-18-40-23(6)34(48)39(8)26(19-21(3)4)31(45)37-28(22(5)10-2)33(47)36-25(20-41)30(44)38-29(24(7)42)32(46)35-17-16-27(40)43/h21-26,28-29,41-42H,9-20H2,1-8H3,(H,35,46)(H,36,47)(H,37,45)(H,38,44)/t22-,23+,24+,25+,26+,28+,29+/m1/s1. The van der Waals surface area contributed by atoms with Gasteiger partial charge in [0.25, 0.3) is 0 Å². The van der Waals surface area contributed by atoms with Crippen LogP contribution in [0.1, 0.15) is 106 Å². The maximum atomic E-state index is 14.0. The topological polar surface area (TPSA) is 197 Å². The average Bonchev–Trinajstić information content (AvgIpc) is 3.04. The molecule has 48 heavy (non-hydrogen) atoms. The first-order valence-electron chi connectivity index (χ1n) is 17.6. The Morgan fingerprint density at radius 3 is 1.98 bits per heavy atom. The summed E-state index contributed by atoms with van der Waals surface area (Å²) < 4.78 is 0. The van der Waals surface area contributed by atoms with E-state index in [1.165, 1.54) is 23.8 Å². The lowest BCUT2D eigenvalue weighted by Crippen LogP contribution is -2.61. The van der Waals surface area contributed by atoms with Gasteiger partial charge < -0.3 is 41.3 Å². The van der Waals surface area contributed by atoms with Crippen molar-refractivity contribution < 1.29 is 39.0 Å². The molecule has 14 heteroatoms. The van der Waals surface area contributed by atoms with Gasteiger partial charge >= 0.3 is 0 Å². The van der Waals surface area contributed by atoms with E-state index in [1.807, 2.05) is 20.8 Å². The van der Waals surface area contributed by atoms with E-state index in [0.717, 1.165) is 32.1 Å². The number of hydrogen-bond donors (Lipinski definition) is 6. The van der Waals surface area contributed by atoms with Gasteiger partial charge in [-0.25, -0.2) is 0 Å². The van der Waals surface area contributed by atoms with E-state index in [2.05, 4.69) is 28.2 Å². The maximum Gasteiger partial charge on any atom is 0.245 e. The Kier molecular flexibility index (Phi) is 19.3. The molecule has 0 aromatic heterocycles. The lowest BCUT2D eigenvalue weighted by Gasteiger charge is -2.36. The van der Waals surface area contributed by atoms with Crippen LogP contribution in [0.4, 0.5) is 0 Å². The predicted molar refractivity (Wildman–Crippen MR) is 182 cm³/mol. The first-order chi connectivity index (χ1) is 22.6. The Bertz CT molecular complexity index is 1070. The third-order valence-corrected chi connectivity index (χ3v) is 9.02. The van der Waals surface area contributed by atoms with Crippen LogP contribution < -0.4 is 21.3 Å². The third-order valence-electron chi connectivity index (χ3n) is 9.02. The van der Waals surface area contributed by atoms with E-state index in [1.54, 1.807) is 13.8 Å². The van der Waals surface area contributed by atoms with Crippen molar-refractivity contribution in [2.75, 3.05) is 26.7 Å². The summed E-state index contributed by atoms with van der Waals surface area (Å²) in [7, 11) is 1.52. The second-order valence-corrected chi connectivity index (χ2v) is 13.5. The first-order valence-corrected chi connectivity index (χ1v) is 17.6. The zero-order chi connectivity index (χ0) is 36.6. The minimum absolute atomic E-state index is 0.00224. The molecular weight excluding hydrogens is 620 g/mol. The lowest BCUT2D eigenvalue weighted by molar-refractivity contribution is -0.148. The van der Waals surface area contributed by atoms with Gasteiger partial charge in [-0.05, 0) is 38.5 Å². The highest BCUT2D eigenvalue weighted by Crippen LogP contribution is 2.18. The summed E-state index contributed by atoms with van der Waals surface area (Å²) in [6.45, 7) is 11.8. The highest BCUT2D eigenvalue weighted by Gasteiger charge is 2.38. The van der Waals surface area contributed by atoms with E-state index in [0.29, 0.717) is 19.4 Å². The number of carbonyl (C=O) groups excluding carboxylic acids is 6. The Labute approximate surface area is 286 Å². The van der Waals surface area contributed by atoms with Crippen molar-refractivity contribution in [3.05, 3.63) is 0 Å². The largest absolute Gasteiger partial charge is 0.394 e. The van der Waals surface area contributed by atoms with Gasteiger partial charge in [0.1, 0.15) is 30.2 Å². The molecule has 0 saturated carbocycles. The Hall–Kier alpha value is -3.26. The van der Waals surface area contributed by atoms with Crippen molar-refractivity contribution in [2.24, 2.45) is 11.8 Å². The van der Waals surface area contributed by atoms with Crippen molar-refractivity contribution in [1.82, 2.24) is 31.1 Å². The minimum atomic E-state index is -1.49. The second kappa shape index (κ2) is 21.7. The molecular formula is C34H62N6O8. The van der Waals surface area contributed by atoms with Gasteiger partial charge in [0, 0.05) is 26.6 Å². The fourth-order valence-corrected chi connectivity index (χ4v) is 5.68. The molecule has 6 amide bonds. The maximum absolute atomic E-state index is 14.0. The molecule has 0 aromatic rings. The number of likely N-dealkylation sites (N-methyl/N-ethyl adjacent to an activating group) is 1. The quantitative estimate of drug-likeness (QED) is 0.154. The smallest absolute Gasteiger partial charge is 0.245 e. The van der Waals surface area contributed by atoms with Crippen molar-refractivity contribution >= 4 is 35.4 Å². The summed E-state index contributed by atoms with van der Waals surface area (Å²) >= 11 is 0. The molecule has 7 atom stereocenters. The molecule has 1 rings (SSSR count). The minimum Gasteiger partial charge on any atom is -0.394 e. The number of carbonyl (C=O) groups is 6. The Morgan fingerprint density at radius 1 is 0.812 bits per heavy atom. The summed E-state index contributed by atoms with van der Waals surface area (Å²) in [5, 5.41) is 30.5. The van der Waals surface area contributed by atoms with Crippen molar-refractivity contribution in [2.45, 2.75) is 143 Å². The van der Waals surface area contributed by atoms with Crippen molar-refractivity contribution in [1.29, 1.82) is 0 Å². The molecule has 0 aliphatic carbocycles. The molecule has 1 fully saturated rings. The van der Waals surface area contributed by atoms with Gasteiger partial charge in [-0.1, -0.05) is 73.1 Å². The monoisotopic (exact) mass is 682 g/mol. The van der Waals surface area contributed by atoms with Crippen molar-refractivity contribution in [3.63, 3.8) is 0 Å². The number of rotatable bonds is 13. The van der Waals surface area contributed by atoms with Crippen LogP contribution >= 0.6 is 0 Å². The molecule has 0 radical (unpaired) electrons. The van der Waals surface area contributed by atoms with Gasteiger partial charge in [-0.15, -0.1) is 0 Å². The molecule has 0 spiro atoms. The highest BCUT2D eigenvalue weighted by atomic mass is 16.3. The summed E-state index contributed by atoms with van der Waals surface area (Å²) in [5.41, 5.74) is 0. The number of nitrogens with zero attached hydrogens (tertiary/aromatic N) is 2. The van der Waals surface area contributed by atoms with Crippen LogP contribution in [-0.2, 0) is 28.8 Å². The fourth-order valence-electron chi connectivity index (χ4n) is 5.68.